The summed E-state index contributed by atoms with van der Waals surface area (Å²) in [6.45, 7) is 2.93. The van der Waals surface area contributed by atoms with Crippen LogP contribution in [0, 0.1) is 11.8 Å². The van der Waals surface area contributed by atoms with Gasteiger partial charge in [0.25, 0.3) is 5.56 Å². The number of hydrogen-bond donors (Lipinski definition) is 2. The Morgan fingerprint density at radius 1 is 1.25 bits per heavy atom. The maximum atomic E-state index is 13.5. The second kappa shape index (κ2) is 8.64. The number of nitrogens with zero attached hydrogens (tertiary/aromatic N) is 3. The maximum absolute atomic E-state index is 13.5. The zero-order valence-electron chi connectivity index (χ0n) is 18.4. The molecule has 2 N–H and O–H groups in total. The molecule has 4 heterocycles. The molecule has 2 aliphatic heterocycles. The number of aliphatic hydroxyl groups is 1. The van der Waals surface area contributed by atoms with Crippen LogP contribution in [0.15, 0.2) is 47.5 Å². The average molecular weight is 435 g/mol. The normalized spacial score (nSPS) is 27.3. The smallest absolute Gasteiger partial charge is 0.258 e. The Bertz CT molecular complexity index is 1080. The minimum atomic E-state index is -0.395. The first-order valence-electron chi connectivity index (χ1n) is 11.5. The van der Waals surface area contributed by atoms with Gasteiger partial charge in [0.15, 0.2) is 0 Å². The number of aliphatic hydroxyl groups excluding tert-OH is 1. The van der Waals surface area contributed by atoms with Crippen LogP contribution in [0.1, 0.15) is 49.0 Å². The largest absolute Gasteiger partial charge is 0.396 e. The Morgan fingerprint density at radius 2 is 2.03 bits per heavy atom. The minimum Gasteiger partial charge on any atom is -0.396 e. The Hall–Kier alpha value is -2.77. The summed E-state index contributed by atoms with van der Waals surface area (Å²) in [5.74, 6) is -0.626. The van der Waals surface area contributed by atoms with E-state index in [0.717, 1.165) is 30.5 Å². The topological polar surface area (TPSA) is 87.5 Å². The average Bonchev–Trinajstić information content (AvgIpc) is 2.98. The summed E-state index contributed by atoms with van der Waals surface area (Å²) in [6.07, 6.45) is 10.4. The van der Waals surface area contributed by atoms with Crippen LogP contribution in [-0.2, 0) is 17.9 Å². The van der Waals surface area contributed by atoms with Crippen LogP contribution < -0.4 is 10.9 Å². The van der Waals surface area contributed by atoms with E-state index in [0.29, 0.717) is 18.7 Å². The molecule has 32 heavy (non-hydrogen) atoms. The van der Waals surface area contributed by atoms with Gasteiger partial charge < -0.3 is 15.0 Å². The molecule has 4 atom stereocenters. The number of allylic oxidation sites excluding steroid dienone is 1. The highest BCUT2D eigenvalue weighted by Gasteiger charge is 2.55. The standard InChI is InChI=1S/C25H30N4O3/c1-2-4-17-7-8-20-23-22(24(31)27-18-5-3-6-18)19(15-30)21(14-29(20)25(17)32)28(23)13-16-9-11-26-12-10-16/h2,4,7-12,18-19,21-23,30H,3,5-6,13-15H2,1H3,(H,27,31)/b4-2-/t19-,21-,22+,23+/m1/s1. The number of carbonyl (C=O) groups excluding carboxylic acids is 1. The molecule has 3 aliphatic rings. The molecular weight excluding hydrogens is 404 g/mol. The van der Waals surface area contributed by atoms with Crippen LogP contribution >= 0.6 is 0 Å². The summed E-state index contributed by atoms with van der Waals surface area (Å²) in [4.78, 5) is 33.1. The lowest BCUT2D eigenvalue weighted by molar-refractivity contribution is -0.128. The van der Waals surface area contributed by atoms with Gasteiger partial charge in [0.2, 0.25) is 5.91 Å². The molecule has 1 saturated carbocycles. The summed E-state index contributed by atoms with van der Waals surface area (Å²) < 4.78 is 1.83. The van der Waals surface area contributed by atoms with Crippen LogP contribution in [0.25, 0.3) is 6.08 Å². The third kappa shape index (κ3) is 3.49. The first-order chi connectivity index (χ1) is 15.6. The van der Waals surface area contributed by atoms with Gasteiger partial charge in [0.1, 0.15) is 0 Å². The highest BCUT2D eigenvalue weighted by atomic mass is 16.3. The van der Waals surface area contributed by atoms with Gasteiger partial charge in [0, 0.05) is 61.3 Å². The molecule has 0 radical (unpaired) electrons. The Labute approximate surface area is 187 Å². The van der Waals surface area contributed by atoms with Crippen molar-refractivity contribution in [1.29, 1.82) is 0 Å². The molecule has 7 heteroatoms. The molecule has 1 amide bonds. The van der Waals surface area contributed by atoms with Crippen LogP contribution in [-0.4, -0.2) is 44.2 Å². The predicted molar refractivity (Wildman–Crippen MR) is 122 cm³/mol. The molecule has 1 aliphatic carbocycles. The molecule has 0 unspecified atom stereocenters. The number of nitrogens with one attached hydrogen (secondary N) is 1. The van der Waals surface area contributed by atoms with Crippen LogP contribution in [0.5, 0.6) is 0 Å². The first-order valence-corrected chi connectivity index (χ1v) is 11.5. The van der Waals surface area contributed by atoms with Gasteiger partial charge in [0.05, 0.1) is 12.0 Å². The fraction of sp³-hybridized carbons (Fsp3) is 0.480. The summed E-state index contributed by atoms with van der Waals surface area (Å²) in [5, 5.41) is 13.6. The van der Waals surface area contributed by atoms with Crippen molar-refractivity contribution in [2.24, 2.45) is 11.8 Å². The van der Waals surface area contributed by atoms with Crippen molar-refractivity contribution in [3.63, 3.8) is 0 Å². The van der Waals surface area contributed by atoms with Gasteiger partial charge in [-0.15, -0.1) is 0 Å². The van der Waals surface area contributed by atoms with E-state index in [9.17, 15) is 14.7 Å². The van der Waals surface area contributed by atoms with Crippen molar-refractivity contribution in [3.8, 4) is 0 Å². The molecule has 0 spiro atoms. The molecule has 2 aromatic rings. The third-order valence-electron chi connectivity index (χ3n) is 7.41. The van der Waals surface area contributed by atoms with E-state index in [1.165, 1.54) is 0 Å². The molecule has 1 saturated heterocycles. The lowest BCUT2D eigenvalue weighted by atomic mass is 9.85. The fourth-order valence-corrected chi connectivity index (χ4v) is 5.61. The summed E-state index contributed by atoms with van der Waals surface area (Å²) in [7, 11) is 0. The minimum absolute atomic E-state index is 0.000548. The molecule has 7 nitrogen and oxygen atoms in total. The summed E-state index contributed by atoms with van der Waals surface area (Å²) >= 11 is 0. The lowest BCUT2D eigenvalue weighted by Gasteiger charge is -2.38. The van der Waals surface area contributed by atoms with Gasteiger partial charge in [-0.2, -0.15) is 0 Å². The highest BCUT2D eigenvalue weighted by Crippen LogP contribution is 2.49. The van der Waals surface area contributed by atoms with E-state index in [-0.39, 0.29) is 42.1 Å². The first kappa shape index (κ1) is 21.1. The molecule has 168 valence electrons. The van der Waals surface area contributed by atoms with Crippen molar-refractivity contribution in [3.05, 3.63) is 69.9 Å². The van der Waals surface area contributed by atoms with E-state index in [4.69, 9.17) is 0 Å². The summed E-state index contributed by atoms with van der Waals surface area (Å²) in [6, 6.07) is 7.68. The maximum Gasteiger partial charge on any atom is 0.258 e. The fourth-order valence-electron chi connectivity index (χ4n) is 5.61. The number of carbonyl (C=O) groups is 1. The zero-order valence-corrected chi connectivity index (χ0v) is 18.4. The van der Waals surface area contributed by atoms with E-state index in [1.807, 2.05) is 47.9 Å². The van der Waals surface area contributed by atoms with Gasteiger partial charge in [-0.05, 0) is 56.0 Å². The number of rotatable bonds is 6. The molecule has 2 fully saturated rings. The van der Waals surface area contributed by atoms with Gasteiger partial charge in [-0.25, -0.2) is 0 Å². The Balaban J connectivity index is 1.58. The van der Waals surface area contributed by atoms with Gasteiger partial charge in [-0.1, -0.05) is 12.2 Å². The highest BCUT2D eigenvalue weighted by molar-refractivity contribution is 5.81. The number of aromatic nitrogens is 2. The molecule has 2 aromatic heterocycles. The lowest BCUT2D eigenvalue weighted by Crippen LogP contribution is -2.47. The predicted octanol–water partition coefficient (Wildman–Crippen LogP) is 2.11. The number of hydrogen-bond acceptors (Lipinski definition) is 5. The van der Waals surface area contributed by atoms with Crippen molar-refractivity contribution in [2.75, 3.05) is 6.61 Å². The van der Waals surface area contributed by atoms with Gasteiger partial charge >= 0.3 is 0 Å². The SMILES string of the molecule is C/C=C\c1ccc2n(c1=O)C[C@@H]1[C@@H](CO)[C@H](C(=O)NC3CCC3)[C@H]2N1Cc1ccncc1. The van der Waals surface area contributed by atoms with Crippen molar-refractivity contribution >= 4 is 12.0 Å². The Kier molecular flexibility index (Phi) is 5.69. The molecule has 5 rings (SSSR count). The van der Waals surface area contributed by atoms with Crippen LogP contribution in [0.4, 0.5) is 0 Å². The number of amides is 1. The monoisotopic (exact) mass is 434 g/mol. The quantitative estimate of drug-likeness (QED) is 0.727. The van der Waals surface area contributed by atoms with E-state index in [1.54, 1.807) is 12.4 Å². The Morgan fingerprint density at radius 3 is 2.69 bits per heavy atom. The molecule has 0 aromatic carbocycles. The number of pyridine rings is 2. The van der Waals surface area contributed by atoms with Crippen LogP contribution in [0.3, 0.4) is 0 Å². The van der Waals surface area contributed by atoms with Crippen LogP contribution in [0.2, 0.25) is 0 Å². The molecular formula is C25H30N4O3. The zero-order chi connectivity index (χ0) is 22.2. The second-order valence-corrected chi connectivity index (χ2v) is 9.18. The van der Waals surface area contributed by atoms with Crippen molar-refractivity contribution < 1.29 is 9.90 Å². The third-order valence-corrected chi connectivity index (χ3v) is 7.41. The van der Waals surface area contributed by atoms with Crippen molar-refractivity contribution in [2.45, 2.75) is 57.4 Å². The number of fused-ring (bicyclic) bond motifs is 4. The van der Waals surface area contributed by atoms with E-state index < -0.39 is 5.92 Å². The molecule has 2 bridgehead atoms. The van der Waals surface area contributed by atoms with Crippen molar-refractivity contribution in [1.82, 2.24) is 19.8 Å². The summed E-state index contributed by atoms with van der Waals surface area (Å²) in [5.41, 5.74) is 2.58. The second-order valence-electron chi connectivity index (χ2n) is 9.18. The van der Waals surface area contributed by atoms with E-state index >= 15 is 0 Å². The van der Waals surface area contributed by atoms with Gasteiger partial charge in [-0.3, -0.25) is 19.5 Å². The van der Waals surface area contributed by atoms with E-state index in [2.05, 4.69) is 15.2 Å².